The summed E-state index contributed by atoms with van der Waals surface area (Å²) in [4.78, 5) is 0. The molecule has 0 radical (unpaired) electrons. The average Bonchev–Trinajstić information content (AvgIpc) is 2.62. The van der Waals surface area contributed by atoms with E-state index < -0.39 is 10.0 Å². The molecule has 1 aromatic rings. The van der Waals surface area contributed by atoms with Crippen molar-refractivity contribution in [1.29, 1.82) is 0 Å². The van der Waals surface area contributed by atoms with Crippen LogP contribution < -0.4 is 9.46 Å². The molecule has 1 unspecified atom stereocenters. The number of nitrogens with one attached hydrogen (secondary N) is 1. The summed E-state index contributed by atoms with van der Waals surface area (Å²) >= 11 is 0. The molecule has 1 heterocycles. The number of anilines is 1. The van der Waals surface area contributed by atoms with Gasteiger partial charge < -0.3 is 4.74 Å². The van der Waals surface area contributed by atoms with Crippen molar-refractivity contribution < 1.29 is 13.2 Å². The highest BCUT2D eigenvalue weighted by Crippen LogP contribution is 2.52. The van der Waals surface area contributed by atoms with Gasteiger partial charge in [0.05, 0.1) is 11.9 Å². The summed E-state index contributed by atoms with van der Waals surface area (Å²) in [5, 5.41) is 0. The lowest BCUT2D eigenvalue weighted by Gasteiger charge is -2.42. The normalized spacial score (nSPS) is 20.7. The summed E-state index contributed by atoms with van der Waals surface area (Å²) in [7, 11) is -3.41. The highest BCUT2D eigenvalue weighted by atomic mass is 32.2. The molecule has 1 aliphatic carbocycles. The molecule has 0 bridgehead atoms. The van der Waals surface area contributed by atoms with Gasteiger partial charge in [-0.25, -0.2) is 8.42 Å². The second-order valence-corrected chi connectivity index (χ2v) is 12.6. The molecule has 2 aliphatic rings. The van der Waals surface area contributed by atoms with Crippen LogP contribution in [0.3, 0.4) is 0 Å². The molecule has 174 valence electrons. The van der Waals surface area contributed by atoms with Crippen molar-refractivity contribution in [2.75, 3.05) is 11.0 Å². The van der Waals surface area contributed by atoms with Gasteiger partial charge in [-0.05, 0) is 79.7 Å². The van der Waals surface area contributed by atoms with Gasteiger partial charge in [-0.2, -0.15) is 0 Å². The molecule has 31 heavy (non-hydrogen) atoms. The number of hydrogen-bond donors (Lipinski definition) is 1. The van der Waals surface area contributed by atoms with E-state index in [-0.39, 0.29) is 11.0 Å². The van der Waals surface area contributed by atoms with E-state index in [4.69, 9.17) is 4.74 Å². The molecule has 5 heteroatoms. The highest BCUT2D eigenvalue weighted by Gasteiger charge is 2.39. The first-order chi connectivity index (χ1) is 14.3. The van der Waals surface area contributed by atoms with Crippen LogP contribution in [0.2, 0.25) is 0 Å². The summed E-state index contributed by atoms with van der Waals surface area (Å²) < 4.78 is 33.9. The summed E-state index contributed by atoms with van der Waals surface area (Å²) in [5.74, 6) is 1.41. The second kappa shape index (κ2) is 8.80. The van der Waals surface area contributed by atoms with Crippen molar-refractivity contribution in [2.45, 2.75) is 104 Å². The van der Waals surface area contributed by atoms with E-state index >= 15 is 0 Å². The second-order valence-electron chi connectivity index (χ2n) is 10.9. The fraction of sp³-hybridized carbons (Fsp3) is 0.692. The molecule has 4 nitrogen and oxygen atoms in total. The Hall–Kier alpha value is -1.49. The molecule has 1 atom stereocenters. The maximum atomic E-state index is 12.3. The molecule has 0 aromatic heterocycles. The van der Waals surface area contributed by atoms with Crippen LogP contribution in [0.15, 0.2) is 17.7 Å². The lowest BCUT2D eigenvalue weighted by molar-refractivity contribution is 0.135. The number of fused-ring (bicyclic) bond motifs is 2. The molecule has 0 saturated carbocycles. The number of sulfonamides is 1. The first-order valence-electron chi connectivity index (χ1n) is 11.9. The van der Waals surface area contributed by atoms with E-state index in [2.05, 4.69) is 58.4 Å². The number of unbranched alkanes of at least 4 members (excludes halogenated alkanes) is 3. The Morgan fingerprint density at radius 1 is 1.19 bits per heavy atom. The molecule has 1 aliphatic heterocycles. The Balaban J connectivity index is 2.12. The van der Waals surface area contributed by atoms with E-state index in [1.807, 2.05) is 0 Å². The number of benzene rings is 1. The third-order valence-electron chi connectivity index (χ3n) is 7.03. The van der Waals surface area contributed by atoms with Crippen molar-refractivity contribution >= 4 is 21.3 Å². The van der Waals surface area contributed by atoms with Gasteiger partial charge in [0.1, 0.15) is 11.4 Å². The Morgan fingerprint density at radius 2 is 1.90 bits per heavy atom. The predicted octanol–water partition coefficient (Wildman–Crippen LogP) is 7.05. The van der Waals surface area contributed by atoms with Gasteiger partial charge in [0, 0.05) is 5.56 Å². The average molecular weight is 448 g/mol. The summed E-state index contributed by atoms with van der Waals surface area (Å²) in [6.07, 6.45) is 10.3. The zero-order valence-corrected chi connectivity index (χ0v) is 21.3. The lowest BCUT2D eigenvalue weighted by Crippen LogP contribution is -2.37. The molecule has 1 N–H and O–H groups in total. The molecular weight excluding hydrogens is 406 g/mol. The van der Waals surface area contributed by atoms with Gasteiger partial charge in [0.25, 0.3) is 0 Å². The summed E-state index contributed by atoms with van der Waals surface area (Å²) in [6.45, 7) is 13.3. The summed E-state index contributed by atoms with van der Waals surface area (Å²) in [6, 6.07) is 4.23. The largest absolute Gasteiger partial charge is 0.483 e. The van der Waals surface area contributed by atoms with Crippen LogP contribution in [0.4, 0.5) is 5.69 Å². The zero-order chi connectivity index (χ0) is 23.0. The number of ether oxygens (including phenoxy) is 1. The van der Waals surface area contributed by atoms with Gasteiger partial charge in [-0.3, -0.25) is 4.72 Å². The number of hydrogen-bond acceptors (Lipinski definition) is 3. The van der Waals surface area contributed by atoms with Crippen molar-refractivity contribution in [3.05, 3.63) is 28.8 Å². The maximum absolute atomic E-state index is 12.3. The van der Waals surface area contributed by atoms with Gasteiger partial charge in [0.2, 0.25) is 10.0 Å². The van der Waals surface area contributed by atoms with Gasteiger partial charge in [-0.15, -0.1) is 0 Å². The van der Waals surface area contributed by atoms with Crippen LogP contribution in [0.5, 0.6) is 5.75 Å². The standard InChI is InChI=1S/C26H41NO3S/c1-8-9-10-11-14-25(3,4)19-16-22(27-31(7,28)29)24-20-15-18(2)12-13-21(20)26(5,6)30-23(24)17-19/h16-18,27H,8-15H2,1-7H3. The fourth-order valence-electron chi connectivity index (χ4n) is 5.19. The van der Waals surface area contributed by atoms with E-state index in [1.54, 1.807) is 0 Å². The Labute approximate surface area is 189 Å². The number of allylic oxidation sites excluding steroid dienone is 1. The SMILES string of the molecule is CCCCCCC(C)(C)c1cc(NS(C)(=O)=O)c2c(c1)OC(C)(C)C1=C2CC(C)CC1. The Bertz CT molecular complexity index is 957. The van der Waals surface area contributed by atoms with Crippen molar-refractivity contribution in [3.8, 4) is 5.75 Å². The topological polar surface area (TPSA) is 55.4 Å². The fourth-order valence-corrected chi connectivity index (χ4v) is 5.75. The highest BCUT2D eigenvalue weighted by molar-refractivity contribution is 7.92. The predicted molar refractivity (Wildman–Crippen MR) is 131 cm³/mol. The van der Waals surface area contributed by atoms with Crippen LogP contribution in [-0.4, -0.2) is 20.3 Å². The van der Waals surface area contributed by atoms with Crippen LogP contribution >= 0.6 is 0 Å². The molecule has 0 fully saturated rings. The minimum absolute atomic E-state index is 0.0568. The van der Waals surface area contributed by atoms with E-state index in [0.29, 0.717) is 11.6 Å². The van der Waals surface area contributed by atoms with Crippen LogP contribution in [0.25, 0.3) is 5.57 Å². The molecule has 1 aromatic carbocycles. The van der Waals surface area contributed by atoms with Gasteiger partial charge in [-0.1, -0.05) is 53.4 Å². The zero-order valence-electron chi connectivity index (χ0n) is 20.5. The van der Waals surface area contributed by atoms with E-state index in [0.717, 1.165) is 42.6 Å². The van der Waals surface area contributed by atoms with Crippen LogP contribution in [0.1, 0.15) is 104 Å². The smallest absolute Gasteiger partial charge is 0.229 e. The minimum Gasteiger partial charge on any atom is -0.483 e. The van der Waals surface area contributed by atoms with Crippen LogP contribution in [0, 0.1) is 5.92 Å². The van der Waals surface area contributed by atoms with Crippen molar-refractivity contribution in [3.63, 3.8) is 0 Å². The molecule has 3 rings (SSSR count). The molecular formula is C26H41NO3S. The minimum atomic E-state index is -3.41. The van der Waals surface area contributed by atoms with Crippen molar-refractivity contribution in [1.82, 2.24) is 0 Å². The van der Waals surface area contributed by atoms with Crippen LogP contribution in [-0.2, 0) is 15.4 Å². The molecule has 0 amide bonds. The third-order valence-corrected chi connectivity index (χ3v) is 7.62. The first kappa shape index (κ1) is 24.2. The quantitative estimate of drug-likeness (QED) is 0.434. The lowest BCUT2D eigenvalue weighted by atomic mass is 9.73. The van der Waals surface area contributed by atoms with Gasteiger partial charge >= 0.3 is 0 Å². The van der Waals surface area contributed by atoms with Gasteiger partial charge in [0.15, 0.2) is 0 Å². The monoisotopic (exact) mass is 447 g/mol. The third kappa shape index (κ3) is 5.47. The number of rotatable bonds is 8. The maximum Gasteiger partial charge on any atom is 0.229 e. The molecule has 0 spiro atoms. The van der Waals surface area contributed by atoms with E-state index in [1.165, 1.54) is 43.1 Å². The van der Waals surface area contributed by atoms with E-state index in [9.17, 15) is 8.42 Å². The first-order valence-corrected chi connectivity index (χ1v) is 13.8. The summed E-state index contributed by atoms with van der Waals surface area (Å²) in [5.41, 5.74) is 4.95. The Kier molecular flexibility index (Phi) is 6.86. The molecule has 0 saturated heterocycles. The van der Waals surface area contributed by atoms with Crippen molar-refractivity contribution in [2.24, 2.45) is 5.92 Å². The Morgan fingerprint density at radius 3 is 2.55 bits per heavy atom.